The fourth-order valence-electron chi connectivity index (χ4n) is 1.82. The lowest BCUT2D eigenvalue weighted by molar-refractivity contribution is -0.147. The van der Waals surface area contributed by atoms with Crippen molar-refractivity contribution in [3.63, 3.8) is 0 Å². The van der Waals surface area contributed by atoms with Crippen LogP contribution in [0.4, 0.5) is 0 Å². The Balaban J connectivity index is 2.29. The van der Waals surface area contributed by atoms with Gasteiger partial charge in [0.15, 0.2) is 0 Å². The third-order valence-corrected chi connectivity index (χ3v) is 2.49. The molecule has 0 heterocycles. The highest BCUT2D eigenvalue weighted by atomic mass is 16.5. The van der Waals surface area contributed by atoms with Crippen LogP contribution >= 0.6 is 0 Å². The number of ether oxygens (including phenoxy) is 1. The Morgan fingerprint density at radius 2 is 2.00 bits per heavy atom. The minimum absolute atomic E-state index is 0.122. The first-order valence-corrected chi connectivity index (χ1v) is 4.70. The summed E-state index contributed by atoms with van der Waals surface area (Å²) in [5.74, 6) is 0.295. The molecular weight excluding hydrogens is 152 g/mol. The first-order valence-electron chi connectivity index (χ1n) is 4.70. The normalized spacial score (nSPS) is 21.8. The van der Waals surface area contributed by atoms with Gasteiger partial charge in [0.25, 0.3) is 0 Å². The SMILES string of the molecule is [CH2]C(OC(C)=O)C1CCCCC1. The van der Waals surface area contributed by atoms with E-state index in [0.717, 1.165) is 0 Å². The van der Waals surface area contributed by atoms with Gasteiger partial charge in [-0.3, -0.25) is 4.79 Å². The minimum Gasteiger partial charge on any atom is -0.462 e. The van der Waals surface area contributed by atoms with Crippen molar-refractivity contribution in [1.82, 2.24) is 0 Å². The van der Waals surface area contributed by atoms with Gasteiger partial charge in [0.2, 0.25) is 0 Å². The fraction of sp³-hybridized carbons (Fsp3) is 0.800. The smallest absolute Gasteiger partial charge is 0.302 e. The van der Waals surface area contributed by atoms with Crippen LogP contribution in [-0.2, 0) is 9.53 Å². The number of esters is 1. The van der Waals surface area contributed by atoms with Crippen molar-refractivity contribution in [2.45, 2.75) is 45.1 Å². The maximum atomic E-state index is 10.6. The van der Waals surface area contributed by atoms with Gasteiger partial charge in [0, 0.05) is 6.92 Å². The van der Waals surface area contributed by atoms with Crippen molar-refractivity contribution >= 4 is 5.97 Å². The van der Waals surface area contributed by atoms with Crippen LogP contribution in [-0.4, -0.2) is 12.1 Å². The van der Waals surface area contributed by atoms with E-state index in [1.54, 1.807) is 0 Å². The number of carbonyl (C=O) groups is 1. The molecule has 0 N–H and O–H groups in total. The summed E-state index contributed by atoms with van der Waals surface area (Å²) in [6.07, 6.45) is 6.06. The van der Waals surface area contributed by atoms with E-state index in [0.29, 0.717) is 5.92 Å². The molecule has 1 fully saturated rings. The van der Waals surface area contributed by atoms with Crippen molar-refractivity contribution in [2.75, 3.05) is 0 Å². The van der Waals surface area contributed by atoms with E-state index in [1.807, 2.05) is 0 Å². The summed E-state index contributed by atoms with van der Waals surface area (Å²) in [4.78, 5) is 10.6. The quantitative estimate of drug-likeness (QED) is 0.593. The number of carbonyl (C=O) groups excluding carboxylic acids is 1. The molecule has 1 aliphatic rings. The average Bonchev–Trinajstić information content (AvgIpc) is 2.05. The first kappa shape index (κ1) is 9.56. The lowest BCUT2D eigenvalue weighted by Crippen LogP contribution is -2.25. The maximum Gasteiger partial charge on any atom is 0.302 e. The molecule has 0 amide bonds. The Morgan fingerprint density at radius 1 is 1.42 bits per heavy atom. The molecule has 0 aromatic rings. The summed E-state index contributed by atoms with van der Waals surface area (Å²) in [6, 6.07) is 0. The molecule has 0 aromatic heterocycles. The lowest BCUT2D eigenvalue weighted by atomic mass is 9.86. The third-order valence-electron chi connectivity index (χ3n) is 2.49. The average molecular weight is 169 g/mol. The summed E-state index contributed by atoms with van der Waals surface area (Å²) in [5.41, 5.74) is 0. The van der Waals surface area contributed by atoms with Crippen LogP contribution in [0.3, 0.4) is 0 Å². The highest BCUT2D eigenvalue weighted by Crippen LogP contribution is 2.27. The molecule has 0 bridgehead atoms. The van der Waals surface area contributed by atoms with Crippen LogP contribution in [0.2, 0.25) is 0 Å². The zero-order valence-corrected chi connectivity index (χ0v) is 7.71. The van der Waals surface area contributed by atoms with E-state index >= 15 is 0 Å². The van der Waals surface area contributed by atoms with Crippen molar-refractivity contribution in [2.24, 2.45) is 5.92 Å². The molecule has 1 saturated carbocycles. The summed E-state index contributed by atoms with van der Waals surface area (Å²) in [6.45, 7) is 5.30. The zero-order chi connectivity index (χ0) is 8.97. The van der Waals surface area contributed by atoms with E-state index in [1.165, 1.54) is 39.0 Å². The van der Waals surface area contributed by atoms with Gasteiger partial charge < -0.3 is 4.74 Å². The van der Waals surface area contributed by atoms with Gasteiger partial charge >= 0.3 is 5.97 Å². The molecule has 1 atom stereocenters. The largest absolute Gasteiger partial charge is 0.462 e. The van der Waals surface area contributed by atoms with Crippen molar-refractivity contribution in [3.8, 4) is 0 Å². The van der Waals surface area contributed by atoms with Crippen molar-refractivity contribution < 1.29 is 9.53 Å². The van der Waals surface area contributed by atoms with E-state index in [2.05, 4.69) is 6.92 Å². The van der Waals surface area contributed by atoms with Gasteiger partial charge in [-0.05, 0) is 25.7 Å². The Kier molecular flexibility index (Phi) is 3.57. The van der Waals surface area contributed by atoms with E-state index < -0.39 is 0 Å². The molecule has 2 nitrogen and oxygen atoms in total. The van der Waals surface area contributed by atoms with E-state index in [4.69, 9.17) is 4.74 Å². The van der Waals surface area contributed by atoms with Crippen LogP contribution in [0.25, 0.3) is 0 Å². The number of rotatable bonds is 2. The second-order valence-electron chi connectivity index (χ2n) is 3.55. The highest BCUT2D eigenvalue weighted by Gasteiger charge is 2.21. The Morgan fingerprint density at radius 3 is 2.50 bits per heavy atom. The summed E-state index contributed by atoms with van der Waals surface area (Å²) < 4.78 is 5.04. The molecule has 0 spiro atoms. The summed E-state index contributed by atoms with van der Waals surface area (Å²) in [5, 5.41) is 0. The standard InChI is InChI=1S/C10H17O2/c1-8(12-9(2)11)10-6-4-3-5-7-10/h8,10H,1,3-7H2,2H3. The predicted octanol–water partition coefficient (Wildman–Crippen LogP) is 2.33. The Labute approximate surface area is 74.3 Å². The topological polar surface area (TPSA) is 26.3 Å². The molecular formula is C10H17O2. The monoisotopic (exact) mass is 169 g/mol. The second kappa shape index (κ2) is 4.48. The predicted molar refractivity (Wildman–Crippen MR) is 47.5 cm³/mol. The van der Waals surface area contributed by atoms with Crippen LogP contribution in [0.15, 0.2) is 0 Å². The summed E-state index contributed by atoms with van der Waals surface area (Å²) >= 11 is 0. The van der Waals surface area contributed by atoms with Gasteiger partial charge in [-0.2, -0.15) is 0 Å². The molecule has 1 radical (unpaired) electrons. The van der Waals surface area contributed by atoms with Crippen LogP contribution < -0.4 is 0 Å². The fourth-order valence-corrected chi connectivity index (χ4v) is 1.82. The first-order chi connectivity index (χ1) is 5.70. The van der Waals surface area contributed by atoms with Crippen molar-refractivity contribution in [3.05, 3.63) is 6.92 Å². The van der Waals surface area contributed by atoms with E-state index in [-0.39, 0.29) is 12.1 Å². The lowest BCUT2D eigenvalue weighted by Gasteiger charge is -2.26. The third kappa shape index (κ3) is 2.84. The van der Waals surface area contributed by atoms with Crippen LogP contribution in [0.1, 0.15) is 39.0 Å². The van der Waals surface area contributed by atoms with Gasteiger partial charge in [0.1, 0.15) is 6.10 Å². The summed E-state index contributed by atoms with van der Waals surface area (Å²) in [7, 11) is 0. The highest BCUT2D eigenvalue weighted by molar-refractivity contribution is 5.66. The maximum absolute atomic E-state index is 10.6. The van der Waals surface area contributed by atoms with Gasteiger partial charge in [-0.15, -0.1) is 0 Å². The molecule has 0 saturated heterocycles. The zero-order valence-electron chi connectivity index (χ0n) is 7.71. The second-order valence-corrected chi connectivity index (χ2v) is 3.55. The number of hydrogen-bond donors (Lipinski definition) is 0. The molecule has 1 rings (SSSR count). The van der Waals surface area contributed by atoms with Crippen molar-refractivity contribution in [1.29, 1.82) is 0 Å². The number of hydrogen-bond acceptors (Lipinski definition) is 2. The van der Waals surface area contributed by atoms with Gasteiger partial charge in [-0.25, -0.2) is 0 Å². The van der Waals surface area contributed by atoms with Gasteiger partial charge in [0.05, 0.1) is 0 Å². The molecule has 0 aliphatic heterocycles. The van der Waals surface area contributed by atoms with Crippen LogP contribution in [0.5, 0.6) is 0 Å². The Bertz CT molecular complexity index is 148. The molecule has 2 heteroatoms. The molecule has 1 unspecified atom stereocenters. The molecule has 12 heavy (non-hydrogen) atoms. The van der Waals surface area contributed by atoms with Gasteiger partial charge in [-0.1, -0.05) is 19.3 Å². The molecule has 1 aliphatic carbocycles. The van der Waals surface area contributed by atoms with E-state index in [9.17, 15) is 4.79 Å². The van der Waals surface area contributed by atoms with Crippen LogP contribution in [0, 0.1) is 12.8 Å². The Hall–Kier alpha value is -0.530. The molecule has 69 valence electrons. The molecule has 0 aromatic carbocycles. The minimum atomic E-state index is -0.208.